The summed E-state index contributed by atoms with van der Waals surface area (Å²) >= 11 is 11.9. The number of amides is 1. The number of carbonyl (C=O) groups is 1. The van der Waals surface area contributed by atoms with E-state index in [1.54, 1.807) is 18.2 Å². The van der Waals surface area contributed by atoms with Crippen molar-refractivity contribution in [3.63, 3.8) is 0 Å². The molecule has 2 aromatic rings. The summed E-state index contributed by atoms with van der Waals surface area (Å²) in [7, 11) is -3.49. The molecule has 0 aromatic heterocycles. The van der Waals surface area contributed by atoms with Crippen molar-refractivity contribution in [3.8, 4) is 0 Å². The Kier molecular flexibility index (Phi) is 6.13. The molecule has 2 heterocycles. The Labute approximate surface area is 187 Å². The van der Waals surface area contributed by atoms with Crippen LogP contribution in [0, 0.1) is 5.92 Å². The maximum Gasteiger partial charge on any atom is 0.230 e. The highest BCUT2D eigenvalue weighted by atomic mass is 35.5. The van der Waals surface area contributed by atoms with Gasteiger partial charge < -0.3 is 4.90 Å². The number of para-hydroxylation sites is 1. The number of piperidine rings is 1. The number of benzene rings is 2. The Hall–Kier alpha value is -1.60. The van der Waals surface area contributed by atoms with E-state index in [9.17, 15) is 13.2 Å². The van der Waals surface area contributed by atoms with Crippen molar-refractivity contribution in [1.82, 2.24) is 4.31 Å². The summed E-state index contributed by atoms with van der Waals surface area (Å²) in [5.74, 6) is -0.178. The average Bonchev–Trinajstić information content (AvgIpc) is 3.06. The summed E-state index contributed by atoms with van der Waals surface area (Å²) in [5, 5.41) is 0.739. The smallest absolute Gasteiger partial charge is 0.230 e. The standard InChI is InChI=1S/C22H24Cl2N2O3S/c1-15-12-18-4-2-3-5-21(18)26(15)22(27)17-8-10-25(11-9-17)30(28,29)14-16-6-7-19(23)20(24)13-16/h2-7,13,15,17H,8-12,14H2,1H3/t15-/m0/s1. The van der Waals surface area contributed by atoms with Crippen LogP contribution < -0.4 is 4.90 Å². The molecule has 0 saturated carbocycles. The van der Waals surface area contributed by atoms with E-state index in [0.717, 1.165) is 12.1 Å². The minimum Gasteiger partial charge on any atom is -0.309 e. The fourth-order valence-electron chi connectivity index (χ4n) is 4.41. The molecule has 1 saturated heterocycles. The zero-order valence-corrected chi connectivity index (χ0v) is 19.1. The number of carbonyl (C=O) groups excluding carboxylic acids is 1. The first kappa shape index (κ1) is 21.6. The van der Waals surface area contributed by atoms with Crippen LogP contribution in [0.4, 0.5) is 5.69 Å². The molecule has 1 amide bonds. The fraction of sp³-hybridized carbons (Fsp3) is 0.409. The molecule has 1 atom stereocenters. The van der Waals surface area contributed by atoms with Crippen LogP contribution in [0.15, 0.2) is 42.5 Å². The van der Waals surface area contributed by atoms with Crippen LogP contribution in [0.25, 0.3) is 0 Å². The summed E-state index contributed by atoms with van der Waals surface area (Å²) in [5.41, 5.74) is 2.79. The molecule has 0 spiro atoms. The molecule has 0 bridgehead atoms. The number of nitrogens with zero attached hydrogens (tertiary/aromatic N) is 2. The zero-order valence-electron chi connectivity index (χ0n) is 16.7. The molecule has 0 N–H and O–H groups in total. The van der Waals surface area contributed by atoms with E-state index < -0.39 is 10.0 Å². The maximum absolute atomic E-state index is 13.2. The second kappa shape index (κ2) is 8.50. The van der Waals surface area contributed by atoms with Gasteiger partial charge in [-0.2, -0.15) is 0 Å². The highest BCUT2D eigenvalue weighted by molar-refractivity contribution is 7.88. The van der Waals surface area contributed by atoms with E-state index in [4.69, 9.17) is 23.2 Å². The first-order valence-electron chi connectivity index (χ1n) is 10.1. The van der Waals surface area contributed by atoms with Gasteiger partial charge in [0.2, 0.25) is 15.9 Å². The van der Waals surface area contributed by atoms with Gasteiger partial charge >= 0.3 is 0 Å². The Bertz CT molecular complexity index is 1070. The monoisotopic (exact) mass is 466 g/mol. The Morgan fingerprint density at radius 3 is 2.47 bits per heavy atom. The lowest BCUT2D eigenvalue weighted by molar-refractivity contribution is -0.123. The highest BCUT2D eigenvalue weighted by Gasteiger charge is 2.37. The van der Waals surface area contributed by atoms with Gasteiger partial charge in [0, 0.05) is 30.7 Å². The number of rotatable bonds is 4. The SMILES string of the molecule is C[C@H]1Cc2ccccc2N1C(=O)C1CCN(S(=O)(=O)Cc2ccc(Cl)c(Cl)c2)CC1. The van der Waals surface area contributed by atoms with Crippen LogP contribution in [0.5, 0.6) is 0 Å². The molecule has 2 aliphatic rings. The molecule has 0 unspecified atom stereocenters. The van der Waals surface area contributed by atoms with Crippen LogP contribution in [-0.2, 0) is 27.0 Å². The summed E-state index contributed by atoms with van der Waals surface area (Å²) < 4.78 is 27.2. The quantitative estimate of drug-likeness (QED) is 0.665. The molecule has 8 heteroatoms. The van der Waals surface area contributed by atoms with Gasteiger partial charge in [0.1, 0.15) is 0 Å². The molecule has 160 valence electrons. The number of hydrogen-bond acceptors (Lipinski definition) is 3. The Morgan fingerprint density at radius 2 is 1.77 bits per heavy atom. The third kappa shape index (κ3) is 4.24. The third-order valence-electron chi connectivity index (χ3n) is 5.97. The van der Waals surface area contributed by atoms with E-state index in [1.165, 1.54) is 9.87 Å². The first-order chi connectivity index (χ1) is 14.3. The average molecular weight is 467 g/mol. The molecule has 5 nitrogen and oxygen atoms in total. The van der Waals surface area contributed by atoms with Gasteiger partial charge in [-0.3, -0.25) is 4.79 Å². The molecular weight excluding hydrogens is 443 g/mol. The van der Waals surface area contributed by atoms with Crippen LogP contribution in [0.2, 0.25) is 10.0 Å². The summed E-state index contributed by atoms with van der Waals surface area (Å²) in [6, 6.07) is 13.0. The van der Waals surface area contributed by atoms with E-state index in [-0.39, 0.29) is 23.6 Å². The van der Waals surface area contributed by atoms with E-state index in [0.29, 0.717) is 41.5 Å². The Morgan fingerprint density at radius 1 is 1.07 bits per heavy atom. The number of fused-ring (bicyclic) bond motifs is 1. The largest absolute Gasteiger partial charge is 0.309 e. The lowest BCUT2D eigenvalue weighted by atomic mass is 9.96. The maximum atomic E-state index is 13.2. The van der Waals surface area contributed by atoms with Crippen LogP contribution in [0.3, 0.4) is 0 Å². The predicted molar refractivity (Wildman–Crippen MR) is 120 cm³/mol. The summed E-state index contributed by atoms with van der Waals surface area (Å²) in [6.45, 7) is 2.77. The van der Waals surface area contributed by atoms with Crippen molar-refractivity contribution in [2.24, 2.45) is 5.92 Å². The van der Waals surface area contributed by atoms with Gasteiger partial charge in [-0.1, -0.05) is 47.5 Å². The molecular formula is C22H24Cl2N2O3S. The van der Waals surface area contributed by atoms with Crippen molar-refractivity contribution < 1.29 is 13.2 Å². The molecule has 0 aliphatic carbocycles. The molecule has 4 rings (SSSR count). The lowest BCUT2D eigenvalue weighted by Gasteiger charge is -2.34. The number of halogens is 2. The van der Waals surface area contributed by atoms with Crippen LogP contribution in [-0.4, -0.2) is 37.8 Å². The lowest BCUT2D eigenvalue weighted by Crippen LogP contribution is -2.46. The van der Waals surface area contributed by atoms with Gasteiger partial charge in [-0.25, -0.2) is 12.7 Å². The number of anilines is 1. The second-order valence-corrected chi connectivity index (χ2v) is 10.9. The number of hydrogen-bond donors (Lipinski definition) is 0. The number of sulfonamides is 1. The van der Waals surface area contributed by atoms with E-state index in [1.807, 2.05) is 23.1 Å². The Balaban J connectivity index is 1.41. The van der Waals surface area contributed by atoms with E-state index >= 15 is 0 Å². The van der Waals surface area contributed by atoms with Gasteiger partial charge in [-0.15, -0.1) is 0 Å². The molecule has 0 radical (unpaired) electrons. The van der Waals surface area contributed by atoms with Crippen LogP contribution >= 0.6 is 23.2 Å². The molecule has 1 fully saturated rings. The third-order valence-corrected chi connectivity index (χ3v) is 8.56. The van der Waals surface area contributed by atoms with Crippen LogP contribution in [0.1, 0.15) is 30.9 Å². The van der Waals surface area contributed by atoms with E-state index in [2.05, 4.69) is 13.0 Å². The topological polar surface area (TPSA) is 57.7 Å². The first-order valence-corrected chi connectivity index (χ1v) is 12.5. The van der Waals surface area contributed by atoms with Crippen molar-refractivity contribution in [2.75, 3.05) is 18.0 Å². The minimum absolute atomic E-state index is 0.106. The van der Waals surface area contributed by atoms with Gasteiger partial charge in [0.05, 0.1) is 15.8 Å². The molecule has 2 aromatic carbocycles. The van der Waals surface area contributed by atoms with Gasteiger partial charge in [-0.05, 0) is 55.5 Å². The van der Waals surface area contributed by atoms with Gasteiger partial charge in [0.25, 0.3) is 0 Å². The van der Waals surface area contributed by atoms with Gasteiger partial charge in [0.15, 0.2) is 0 Å². The van der Waals surface area contributed by atoms with Crippen molar-refractivity contribution >= 4 is 44.8 Å². The van der Waals surface area contributed by atoms with Crippen molar-refractivity contribution in [1.29, 1.82) is 0 Å². The predicted octanol–water partition coefficient (Wildman–Crippen LogP) is 4.51. The van der Waals surface area contributed by atoms with Crippen molar-refractivity contribution in [2.45, 2.75) is 38.0 Å². The minimum atomic E-state index is -3.49. The second-order valence-electron chi connectivity index (χ2n) is 8.07. The normalized spacial score (nSPS) is 20.4. The highest BCUT2D eigenvalue weighted by Crippen LogP contribution is 2.35. The molecule has 30 heavy (non-hydrogen) atoms. The summed E-state index contributed by atoms with van der Waals surface area (Å²) in [6.07, 6.45) is 1.93. The fourth-order valence-corrected chi connectivity index (χ4v) is 6.28. The zero-order chi connectivity index (χ0) is 21.5. The van der Waals surface area contributed by atoms with Crippen molar-refractivity contribution in [3.05, 3.63) is 63.6 Å². The summed E-state index contributed by atoms with van der Waals surface area (Å²) in [4.78, 5) is 15.1. The molecule has 2 aliphatic heterocycles.